The van der Waals surface area contributed by atoms with E-state index >= 15 is 0 Å². The molecule has 0 spiro atoms. The maximum absolute atomic E-state index is 12.4. The Balaban J connectivity index is 1.40. The van der Waals surface area contributed by atoms with E-state index in [0.717, 1.165) is 33.5 Å². The smallest absolute Gasteiger partial charge is 0.262 e. The fourth-order valence-electron chi connectivity index (χ4n) is 3.28. The molecule has 0 aliphatic heterocycles. The van der Waals surface area contributed by atoms with E-state index in [0.29, 0.717) is 17.5 Å². The second-order valence-electron chi connectivity index (χ2n) is 7.60. The Kier molecular flexibility index (Phi) is 5.53. The number of anilines is 1. The molecule has 0 saturated carbocycles. The summed E-state index contributed by atoms with van der Waals surface area (Å²) in [6, 6.07) is 21.1. The average molecular weight is 400 g/mol. The lowest BCUT2D eigenvalue weighted by molar-refractivity contribution is -0.118. The van der Waals surface area contributed by atoms with Crippen molar-refractivity contribution in [2.45, 2.75) is 26.7 Å². The van der Waals surface area contributed by atoms with E-state index in [9.17, 15) is 4.79 Å². The number of fused-ring (bicyclic) bond motifs is 1. The molecule has 1 N–H and O–H groups in total. The summed E-state index contributed by atoms with van der Waals surface area (Å²) in [7, 11) is 0. The van der Waals surface area contributed by atoms with Crippen LogP contribution in [-0.4, -0.2) is 17.5 Å². The zero-order valence-electron chi connectivity index (χ0n) is 17.3. The normalized spacial score (nSPS) is 11.1. The molecular formula is C25H24N2O3. The Morgan fingerprint density at radius 3 is 2.57 bits per heavy atom. The largest absolute Gasteiger partial charge is 0.483 e. The van der Waals surface area contributed by atoms with Crippen LogP contribution in [0.15, 0.2) is 71.1 Å². The molecule has 0 radical (unpaired) electrons. The number of para-hydroxylation sites is 2. The van der Waals surface area contributed by atoms with Gasteiger partial charge in [0.05, 0.1) is 0 Å². The SMILES string of the molecule is Cc1ccc(C(C)C)c(OCC(=O)Nc2ccc(-c3nc4ccccc4o3)cc2)c1. The van der Waals surface area contributed by atoms with Crippen LogP contribution in [0.5, 0.6) is 5.75 Å². The maximum Gasteiger partial charge on any atom is 0.262 e. The molecule has 0 aliphatic rings. The predicted molar refractivity (Wildman–Crippen MR) is 119 cm³/mol. The molecule has 0 unspecified atom stereocenters. The van der Waals surface area contributed by atoms with Gasteiger partial charge < -0.3 is 14.5 Å². The van der Waals surface area contributed by atoms with Gasteiger partial charge in [-0.1, -0.05) is 38.1 Å². The van der Waals surface area contributed by atoms with Crippen molar-refractivity contribution in [2.75, 3.05) is 11.9 Å². The molecule has 1 amide bonds. The summed E-state index contributed by atoms with van der Waals surface area (Å²) < 4.78 is 11.6. The number of aryl methyl sites for hydroxylation is 1. The van der Waals surface area contributed by atoms with E-state index in [2.05, 4.69) is 36.3 Å². The highest BCUT2D eigenvalue weighted by Crippen LogP contribution is 2.28. The van der Waals surface area contributed by atoms with Crippen molar-refractivity contribution in [3.8, 4) is 17.2 Å². The van der Waals surface area contributed by atoms with Gasteiger partial charge >= 0.3 is 0 Å². The summed E-state index contributed by atoms with van der Waals surface area (Å²) in [5, 5.41) is 2.87. The van der Waals surface area contributed by atoms with E-state index in [1.807, 2.05) is 61.5 Å². The zero-order chi connectivity index (χ0) is 21.1. The van der Waals surface area contributed by atoms with Crippen molar-refractivity contribution in [2.24, 2.45) is 0 Å². The number of hydrogen-bond acceptors (Lipinski definition) is 4. The monoisotopic (exact) mass is 400 g/mol. The van der Waals surface area contributed by atoms with Gasteiger partial charge in [-0.2, -0.15) is 0 Å². The Morgan fingerprint density at radius 2 is 1.83 bits per heavy atom. The lowest BCUT2D eigenvalue weighted by atomic mass is 10.0. The van der Waals surface area contributed by atoms with Gasteiger partial charge in [-0.05, 0) is 66.4 Å². The van der Waals surface area contributed by atoms with Crippen LogP contribution >= 0.6 is 0 Å². The molecule has 3 aromatic carbocycles. The average Bonchev–Trinajstić information content (AvgIpc) is 3.17. The van der Waals surface area contributed by atoms with Crippen LogP contribution in [0.4, 0.5) is 5.69 Å². The molecule has 5 nitrogen and oxygen atoms in total. The lowest BCUT2D eigenvalue weighted by Gasteiger charge is -2.15. The second-order valence-corrected chi connectivity index (χ2v) is 7.60. The maximum atomic E-state index is 12.4. The highest BCUT2D eigenvalue weighted by atomic mass is 16.5. The van der Waals surface area contributed by atoms with E-state index < -0.39 is 0 Å². The molecule has 30 heavy (non-hydrogen) atoms. The van der Waals surface area contributed by atoms with Gasteiger partial charge in [0.1, 0.15) is 11.3 Å². The quantitative estimate of drug-likeness (QED) is 0.435. The first kappa shape index (κ1) is 19.7. The number of hydrogen-bond donors (Lipinski definition) is 1. The van der Waals surface area contributed by atoms with Crippen molar-refractivity contribution in [3.63, 3.8) is 0 Å². The minimum Gasteiger partial charge on any atom is -0.483 e. The molecule has 1 heterocycles. The van der Waals surface area contributed by atoms with Gasteiger partial charge in [0.25, 0.3) is 5.91 Å². The van der Waals surface area contributed by atoms with Crippen molar-refractivity contribution < 1.29 is 13.9 Å². The van der Waals surface area contributed by atoms with Crippen LogP contribution in [0.2, 0.25) is 0 Å². The molecule has 4 aromatic rings. The number of benzene rings is 3. The zero-order valence-corrected chi connectivity index (χ0v) is 17.3. The van der Waals surface area contributed by atoms with E-state index in [4.69, 9.17) is 9.15 Å². The lowest BCUT2D eigenvalue weighted by Crippen LogP contribution is -2.20. The van der Waals surface area contributed by atoms with Gasteiger partial charge in [-0.25, -0.2) is 4.98 Å². The number of carbonyl (C=O) groups is 1. The second kappa shape index (κ2) is 8.41. The highest BCUT2D eigenvalue weighted by Gasteiger charge is 2.11. The topological polar surface area (TPSA) is 64.4 Å². The Bertz CT molecular complexity index is 1140. The van der Waals surface area contributed by atoms with Crippen LogP contribution in [0.25, 0.3) is 22.6 Å². The fourth-order valence-corrected chi connectivity index (χ4v) is 3.28. The van der Waals surface area contributed by atoms with Crippen LogP contribution in [0.3, 0.4) is 0 Å². The summed E-state index contributed by atoms with van der Waals surface area (Å²) >= 11 is 0. The number of nitrogens with one attached hydrogen (secondary N) is 1. The van der Waals surface area contributed by atoms with E-state index in [1.54, 1.807) is 0 Å². The molecule has 0 fully saturated rings. The highest BCUT2D eigenvalue weighted by molar-refractivity contribution is 5.92. The predicted octanol–water partition coefficient (Wildman–Crippen LogP) is 5.94. The number of amides is 1. The number of aromatic nitrogens is 1. The summed E-state index contributed by atoms with van der Waals surface area (Å²) in [4.78, 5) is 16.8. The molecule has 152 valence electrons. The number of oxazole rings is 1. The number of nitrogens with zero attached hydrogens (tertiary/aromatic N) is 1. The summed E-state index contributed by atoms with van der Waals surface area (Å²) in [5.41, 5.74) is 5.30. The number of ether oxygens (including phenoxy) is 1. The van der Waals surface area contributed by atoms with Crippen LogP contribution in [0, 0.1) is 6.92 Å². The van der Waals surface area contributed by atoms with Crippen molar-refractivity contribution in [3.05, 3.63) is 77.9 Å². The molecule has 5 heteroatoms. The minimum atomic E-state index is -0.208. The third kappa shape index (κ3) is 4.35. The first-order valence-electron chi connectivity index (χ1n) is 9.99. The standard InChI is InChI=1S/C25H24N2O3/c1-16(2)20-13-8-17(3)14-23(20)29-15-24(28)26-19-11-9-18(10-12-19)25-27-21-6-4-5-7-22(21)30-25/h4-14,16H,15H2,1-3H3,(H,26,28). The summed E-state index contributed by atoms with van der Waals surface area (Å²) in [5.74, 6) is 1.42. The first-order valence-corrected chi connectivity index (χ1v) is 9.99. The van der Waals surface area contributed by atoms with Crippen LogP contribution in [0.1, 0.15) is 30.9 Å². The van der Waals surface area contributed by atoms with Crippen LogP contribution in [-0.2, 0) is 4.79 Å². The Labute approximate surface area is 175 Å². The minimum absolute atomic E-state index is 0.0456. The molecule has 0 bridgehead atoms. The molecule has 0 atom stereocenters. The molecule has 1 aromatic heterocycles. The van der Waals surface area contributed by atoms with Crippen molar-refractivity contribution in [1.82, 2.24) is 4.98 Å². The summed E-state index contributed by atoms with van der Waals surface area (Å²) in [6.45, 7) is 6.18. The number of carbonyl (C=O) groups excluding carboxylic acids is 1. The van der Waals surface area contributed by atoms with Crippen molar-refractivity contribution >= 4 is 22.7 Å². The molecule has 4 rings (SSSR count). The van der Waals surface area contributed by atoms with Crippen molar-refractivity contribution in [1.29, 1.82) is 0 Å². The first-order chi connectivity index (χ1) is 14.5. The third-order valence-electron chi connectivity index (χ3n) is 4.86. The van der Waals surface area contributed by atoms with Gasteiger partial charge in [-0.15, -0.1) is 0 Å². The van der Waals surface area contributed by atoms with E-state index in [1.165, 1.54) is 0 Å². The third-order valence-corrected chi connectivity index (χ3v) is 4.86. The van der Waals surface area contributed by atoms with Gasteiger partial charge in [0.15, 0.2) is 12.2 Å². The Morgan fingerprint density at radius 1 is 1.07 bits per heavy atom. The van der Waals surface area contributed by atoms with Gasteiger partial charge in [0.2, 0.25) is 5.89 Å². The Hall–Kier alpha value is -3.60. The molecule has 0 aliphatic carbocycles. The number of rotatable bonds is 6. The summed E-state index contributed by atoms with van der Waals surface area (Å²) in [6.07, 6.45) is 0. The van der Waals surface area contributed by atoms with Crippen LogP contribution < -0.4 is 10.1 Å². The fraction of sp³-hybridized carbons (Fsp3) is 0.200. The van der Waals surface area contributed by atoms with E-state index in [-0.39, 0.29) is 12.5 Å². The molecule has 0 saturated heterocycles. The molecular weight excluding hydrogens is 376 g/mol. The van der Waals surface area contributed by atoms with Gasteiger partial charge in [-0.3, -0.25) is 4.79 Å². The van der Waals surface area contributed by atoms with Gasteiger partial charge in [0, 0.05) is 11.3 Å².